The predicted octanol–water partition coefficient (Wildman–Crippen LogP) is 0.125. The van der Waals surface area contributed by atoms with E-state index in [1.54, 1.807) is 12.1 Å². The molecule has 0 saturated carbocycles. The van der Waals surface area contributed by atoms with Crippen LogP contribution >= 0.6 is 0 Å². The zero-order chi connectivity index (χ0) is 19.1. The minimum Gasteiger partial charge on any atom is -0.652 e. The van der Waals surface area contributed by atoms with Crippen LogP contribution in [-0.4, -0.2) is 35.2 Å². The summed E-state index contributed by atoms with van der Waals surface area (Å²) >= 11 is 0. The molecule has 0 fully saturated rings. The zero-order valence-electron chi connectivity index (χ0n) is 14.0. The number of hydrogen-bond acceptors (Lipinski definition) is 6. The van der Waals surface area contributed by atoms with Crippen molar-refractivity contribution in [1.29, 1.82) is 0 Å². The molecule has 0 aliphatic heterocycles. The average molecular weight is 412 g/mol. The quantitative estimate of drug-likeness (QED) is 0.442. The predicted molar refractivity (Wildman–Crippen MR) is 88.2 cm³/mol. The normalized spacial score (nSPS) is 12.6. The van der Waals surface area contributed by atoms with Gasteiger partial charge in [0, 0.05) is 11.9 Å². The van der Waals surface area contributed by atoms with Crippen LogP contribution in [0.3, 0.4) is 0 Å². The van der Waals surface area contributed by atoms with Crippen LogP contribution in [0.2, 0.25) is 0 Å². The minimum absolute atomic E-state index is 0. The van der Waals surface area contributed by atoms with Crippen LogP contribution in [0.1, 0.15) is 23.2 Å². The molecule has 0 heterocycles. The molecule has 2 aromatic carbocycles. The number of nitrogens with zero attached hydrogens (tertiary/aromatic N) is 2. The van der Waals surface area contributed by atoms with E-state index in [1.807, 2.05) is 0 Å². The van der Waals surface area contributed by atoms with Gasteiger partial charge < -0.3 is 40.6 Å². The molecule has 0 aliphatic carbocycles. The molecule has 142 valence electrons. The number of carbonyl (C=O) groups excluding carboxylic acids is 2. The second-order valence-corrected chi connectivity index (χ2v) is 5.37. The van der Waals surface area contributed by atoms with Gasteiger partial charge in [0.2, 0.25) is 0 Å². The van der Waals surface area contributed by atoms with Crippen LogP contribution in [-0.2, 0) is 26.7 Å². The first-order valence-corrected chi connectivity index (χ1v) is 7.72. The summed E-state index contributed by atoms with van der Waals surface area (Å²) < 4.78 is 0. The van der Waals surface area contributed by atoms with E-state index < -0.39 is 24.0 Å². The first kappa shape index (κ1) is 22.5. The van der Waals surface area contributed by atoms with E-state index in [1.165, 1.54) is 36.4 Å². The van der Waals surface area contributed by atoms with Crippen molar-refractivity contribution >= 4 is 11.9 Å². The molecule has 2 aromatic rings. The van der Waals surface area contributed by atoms with E-state index in [2.05, 4.69) is 10.6 Å². The molecule has 0 aliphatic rings. The van der Waals surface area contributed by atoms with Crippen molar-refractivity contribution in [3.63, 3.8) is 0 Å². The summed E-state index contributed by atoms with van der Waals surface area (Å²) in [5.41, 5.74) is 0.148. The molecule has 0 amide bonds. The SMILES string of the molecule is O=C([O-])C([N-]CC[N-]C(C(=O)[O-])c1ccccc1O)c1ccccc1O.[Fe+4]. The Morgan fingerprint density at radius 2 is 1.11 bits per heavy atom. The zero-order valence-corrected chi connectivity index (χ0v) is 15.1. The fourth-order valence-corrected chi connectivity index (χ4v) is 2.41. The molecule has 2 unspecified atom stereocenters. The van der Waals surface area contributed by atoms with Gasteiger partial charge in [-0.05, 0) is 23.3 Å². The van der Waals surface area contributed by atoms with Gasteiger partial charge in [-0.15, -0.1) is 0 Å². The fourth-order valence-electron chi connectivity index (χ4n) is 2.41. The second kappa shape index (κ2) is 10.5. The van der Waals surface area contributed by atoms with Crippen LogP contribution in [0.4, 0.5) is 0 Å². The van der Waals surface area contributed by atoms with Crippen LogP contribution in [0, 0.1) is 0 Å². The number of aliphatic carboxylic acids is 2. The summed E-state index contributed by atoms with van der Waals surface area (Å²) in [5, 5.41) is 49.8. The number of carboxylic acids is 2. The van der Waals surface area contributed by atoms with E-state index in [-0.39, 0.29) is 52.8 Å². The number of benzene rings is 2. The Bertz CT molecular complexity index is 720. The molecule has 2 N–H and O–H groups in total. The second-order valence-electron chi connectivity index (χ2n) is 5.37. The van der Waals surface area contributed by atoms with Gasteiger partial charge in [0.15, 0.2) is 0 Å². The van der Waals surface area contributed by atoms with E-state index in [4.69, 9.17) is 0 Å². The molecule has 2 rings (SSSR count). The molecular weight excluding hydrogens is 396 g/mol. The Kier molecular flexibility index (Phi) is 8.77. The van der Waals surface area contributed by atoms with E-state index in [9.17, 15) is 30.0 Å². The molecule has 0 radical (unpaired) electrons. The summed E-state index contributed by atoms with van der Waals surface area (Å²) in [6.45, 7) is -0.241. The van der Waals surface area contributed by atoms with Gasteiger partial charge in [-0.2, -0.15) is 13.1 Å². The van der Waals surface area contributed by atoms with Crippen molar-refractivity contribution in [3.8, 4) is 11.5 Å². The smallest absolute Gasteiger partial charge is 0.652 e. The third-order valence-corrected chi connectivity index (χ3v) is 3.63. The van der Waals surface area contributed by atoms with Gasteiger partial charge in [0.1, 0.15) is 11.5 Å². The van der Waals surface area contributed by atoms with E-state index >= 15 is 0 Å². The van der Waals surface area contributed by atoms with E-state index in [0.29, 0.717) is 0 Å². The first-order chi connectivity index (χ1) is 12.4. The Balaban J connectivity index is 0.00000364. The van der Waals surface area contributed by atoms with Crippen molar-refractivity contribution in [2.45, 2.75) is 12.1 Å². The Morgan fingerprint density at radius 3 is 1.41 bits per heavy atom. The van der Waals surface area contributed by atoms with Gasteiger partial charge in [-0.1, -0.05) is 48.5 Å². The van der Waals surface area contributed by atoms with Crippen LogP contribution in [0.5, 0.6) is 11.5 Å². The van der Waals surface area contributed by atoms with Crippen LogP contribution < -0.4 is 10.2 Å². The molecule has 0 aromatic heterocycles. The molecule has 0 spiro atoms. The van der Waals surface area contributed by atoms with Crippen molar-refractivity contribution in [2.24, 2.45) is 0 Å². The first-order valence-electron chi connectivity index (χ1n) is 7.72. The number of aromatic hydroxyl groups is 2. The number of phenolic OH excluding ortho intramolecular Hbond substituents is 2. The monoisotopic (exact) mass is 412 g/mol. The third kappa shape index (κ3) is 5.97. The van der Waals surface area contributed by atoms with Crippen LogP contribution in [0.25, 0.3) is 10.6 Å². The van der Waals surface area contributed by atoms with Crippen molar-refractivity contribution in [1.82, 2.24) is 0 Å². The maximum atomic E-state index is 11.3. The number of para-hydroxylation sites is 2. The van der Waals surface area contributed by atoms with Gasteiger partial charge in [0.25, 0.3) is 0 Å². The summed E-state index contributed by atoms with van der Waals surface area (Å²) in [6, 6.07) is 8.84. The number of hydrogen-bond donors (Lipinski definition) is 2. The van der Waals surface area contributed by atoms with Gasteiger partial charge in [0.05, 0.1) is 0 Å². The summed E-state index contributed by atoms with van der Waals surface area (Å²) in [5.74, 6) is -3.46. The molecule has 27 heavy (non-hydrogen) atoms. The number of rotatable bonds is 9. The third-order valence-electron chi connectivity index (χ3n) is 3.63. The maximum Gasteiger partial charge on any atom is 4.00 e. The van der Waals surface area contributed by atoms with Gasteiger partial charge in [-0.25, -0.2) is 0 Å². The summed E-state index contributed by atoms with van der Waals surface area (Å²) in [6.07, 6.45) is 0. The van der Waals surface area contributed by atoms with Crippen molar-refractivity contribution in [3.05, 3.63) is 70.3 Å². The standard InChI is InChI=1S/C18H18N2O6.Fe/c21-13-7-3-1-5-11(13)15(17(23)24)19-9-10-20-16(18(25)26)12-6-2-4-8-14(12)22;/h1-8,15-16,21-22H,9-10H2,(H,23,24)(H,25,26);/q-2;+4/p-2. The van der Waals surface area contributed by atoms with Gasteiger partial charge in [-0.3, -0.25) is 0 Å². The maximum absolute atomic E-state index is 11.3. The molecule has 0 saturated heterocycles. The largest absolute Gasteiger partial charge is 4.00 e. The Hall–Kier alpha value is -2.58. The molecule has 8 nitrogen and oxygen atoms in total. The fraction of sp³-hybridized carbons (Fsp3) is 0.222. The Morgan fingerprint density at radius 1 is 0.778 bits per heavy atom. The molecule has 9 heteroatoms. The Labute approximate surface area is 166 Å². The summed E-state index contributed by atoms with van der Waals surface area (Å²) in [7, 11) is 0. The molecule has 2 atom stereocenters. The molecular formula is C18H16FeN2O6. The number of phenols is 2. The minimum atomic E-state index is -1.50. The van der Waals surface area contributed by atoms with E-state index in [0.717, 1.165) is 0 Å². The van der Waals surface area contributed by atoms with Gasteiger partial charge >= 0.3 is 17.1 Å². The van der Waals surface area contributed by atoms with Crippen LogP contribution in [0.15, 0.2) is 48.5 Å². The number of carboxylic acid groups (broad SMARTS) is 2. The van der Waals surface area contributed by atoms with Crippen molar-refractivity contribution < 1.29 is 47.1 Å². The number of carbonyl (C=O) groups is 2. The molecule has 0 bridgehead atoms. The average Bonchev–Trinajstić information content (AvgIpc) is 2.59. The summed E-state index contributed by atoms with van der Waals surface area (Å²) in [4.78, 5) is 22.5. The topological polar surface area (TPSA) is 149 Å². The van der Waals surface area contributed by atoms with Crippen molar-refractivity contribution in [2.75, 3.05) is 13.1 Å².